The number of hydrogen-bond acceptors (Lipinski definition) is 4. The first kappa shape index (κ1) is 14.0. The van der Waals surface area contributed by atoms with Gasteiger partial charge in [-0.05, 0) is 11.1 Å². The molecule has 104 valence electrons. The molecule has 1 heterocycles. The van der Waals surface area contributed by atoms with Crippen LogP contribution >= 0.6 is 0 Å². The number of carbonyl (C=O) groups excluding carboxylic acids is 1. The Morgan fingerprint density at radius 2 is 2.11 bits per heavy atom. The van der Waals surface area contributed by atoms with Crippen molar-refractivity contribution in [2.24, 2.45) is 5.73 Å². The number of nitrogens with two attached hydrogens (primary N) is 1. The van der Waals surface area contributed by atoms with Gasteiger partial charge in [0.05, 0.1) is 13.2 Å². The van der Waals surface area contributed by atoms with Crippen molar-refractivity contribution < 1.29 is 9.53 Å². The lowest BCUT2D eigenvalue weighted by Gasteiger charge is -2.34. The van der Waals surface area contributed by atoms with E-state index in [9.17, 15) is 4.79 Å². The average Bonchev–Trinajstić information content (AvgIpc) is 2.48. The largest absolute Gasteiger partial charge is 0.378 e. The van der Waals surface area contributed by atoms with Crippen molar-refractivity contribution in [3.63, 3.8) is 0 Å². The number of benzene rings is 1. The Morgan fingerprint density at radius 3 is 2.74 bits per heavy atom. The molecule has 0 aliphatic carbocycles. The topological polar surface area (TPSA) is 67.6 Å². The number of carbonyl (C=O) groups is 1. The number of amides is 1. The van der Waals surface area contributed by atoms with E-state index in [1.807, 2.05) is 12.1 Å². The molecule has 1 fully saturated rings. The number of hydrogen-bond donors (Lipinski definition) is 2. The number of rotatable bonds is 4. The van der Waals surface area contributed by atoms with Crippen LogP contribution in [0, 0.1) is 0 Å². The third-order valence-corrected chi connectivity index (χ3v) is 3.43. The second-order valence-corrected chi connectivity index (χ2v) is 4.70. The van der Waals surface area contributed by atoms with Crippen molar-refractivity contribution in [1.29, 1.82) is 0 Å². The van der Waals surface area contributed by atoms with Crippen molar-refractivity contribution in [1.82, 2.24) is 10.2 Å². The smallest absolute Gasteiger partial charge is 0.239 e. The van der Waals surface area contributed by atoms with Crippen molar-refractivity contribution in [3.05, 3.63) is 35.4 Å². The molecule has 5 heteroatoms. The maximum absolute atomic E-state index is 11.8. The summed E-state index contributed by atoms with van der Waals surface area (Å²) in [5, 5.41) is 2.69. The van der Waals surface area contributed by atoms with Crippen LogP contribution in [0.2, 0.25) is 0 Å². The highest BCUT2D eigenvalue weighted by Crippen LogP contribution is 2.13. The predicted octanol–water partition coefficient (Wildman–Crippen LogP) is 0.0921. The van der Waals surface area contributed by atoms with Gasteiger partial charge in [-0.25, -0.2) is 0 Å². The number of likely N-dealkylation sites (N-methyl/N-ethyl adjacent to an activating group) is 1. The lowest BCUT2D eigenvalue weighted by Crippen LogP contribution is -2.52. The summed E-state index contributed by atoms with van der Waals surface area (Å²) in [7, 11) is 1.66. The van der Waals surface area contributed by atoms with Gasteiger partial charge in [0.1, 0.15) is 6.04 Å². The van der Waals surface area contributed by atoms with Gasteiger partial charge in [-0.15, -0.1) is 0 Å². The lowest BCUT2D eigenvalue weighted by atomic mass is 10.1. The fourth-order valence-corrected chi connectivity index (χ4v) is 2.25. The van der Waals surface area contributed by atoms with Crippen LogP contribution in [0.15, 0.2) is 24.3 Å². The fraction of sp³-hybridized carbons (Fsp3) is 0.500. The summed E-state index contributed by atoms with van der Waals surface area (Å²) in [4.78, 5) is 14.0. The number of ether oxygens (including phenoxy) is 1. The van der Waals surface area contributed by atoms with Gasteiger partial charge < -0.3 is 15.8 Å². The summed E-state index contributed by atoms with van der Waals surface area (Å²) in [6, 6.07) is 8.00. The van der Waals surface area contributed by atoms with Crippen LogP contribution < -0.4 is 11.1 Å². The van der Waals surface area contributed by atoms with Crippen LogP contribution in [0.5, 0.6) is 0 Å². The van der Waals surface area contributed by atoms with Crippen molar-refractivity contribution in [2.45, 2.75) is 19.1 Å². The van der Waals surface area contributed by atoms with Crippen LogP contribution in [0.3, 0.4) is 0 Å². The Hall–Kier alpha value is -1.43. The molecule has 19 heavy (non-hydrogen) atoms. The fourth-order valence-electron chi connectivity index (χ4n) is 2.25. The summed E-state index contributed by atoms with van der Waals surface area (Å²) < 4.78 is 5.39. The van der Waals surface area contributed by atoms with Crippen molar-refractivity contribution >= 4 is 5.91 Å². The van der Waals surface area contributed by atoms with E-state index in [1.165, 1.54) is 5.56 Å². The molecule has 0 saturated carbocycles. The third-order valence-electron chi connectivity index (χ3n) is 3.43. The molecule has 0 bridgehead atoms. The minimum absolute atomic E-state index is 0.0123. The van der Waals surface area contributed by atoms with Gasteiger partial charge in [-0.3, -0.25) is 9.69 Å². The van der Waals surface area contributed by atoms with Crippen molar-refractivity contribution in [3.8, 4) is 0 Å². The molecule has 0 spiro atoms. The summed E-state index contributed by atoms with van der Waals surface area (Å²) in [5.41, 5.74) is 7.89. The highest BCUT2D eigenvalue weighted by molar-refractivity contribution is 5.81. The molecule has 2 rings (SSSR count). The molecule has 1 aliphatic rings. The van der Waals surface area contributed by atoms with Gasteiger partial charge >= 0.3 is 0 Å². The maximum Gasteiger partial charge on any atom is 0.239 e. The van der Waals surface area contributed by atoms with Crippen LogP contribution in [0.25, 0.3) is 0 Å². The van der Waals surface area contributed by atoms with Crippen LogP contribution in [0.4, 0.5) is 0 Å². The molecule has 3 N–H and O–H groups in total. The van der Waals surface area contributed by atoms with E-state index < -0.39 is 0 Å². The summed E-state index contributed by atoms with van der Waals surface area (Å²) in [6.45, 7) is 3.22. The Morgan fingerprint density at radius 1 is 1.42 bits per heavy atom. The van der Waals surface area contributed by atoms with E-state index in [0.717, 1.165) is 18.7 Å². The van der Waals surface area contributed by atoms with Gasteiger partial charge in [-0.1, -0.05) is 24.3 Å². The number of morpholine rings is 1. The molecule has 0 radical (unpaired) electrons. The van der Waals surface area contributed by atoms with Gasteiger partial charge in [0.25, 0.3) is 0 Å². The molecule has 1 aliphatic heterocycles. The standard InChI is InChI=1S/C14H21N3O2/c1-16-14(18)13-10-19-7-6-17(13)9-12-4-2-11(8-15)3-5-12/h2-5,13H,6-10,15H2,1H3,(H,16,18). The summed E-state index contributed by atoms with van der Waals surface area (Å²) in [5.74, 6) is 0.0123. The highest BCUT2D eigenvalue weighted by atomic mass is 16.5. The van der Waals surface area contributed by atoms with Gasteiger partial charge in [0.15, 0.2) is 0 Å². The van der Waals surface area contributed by atoms with Crippen molar-refractivity contribution in [2.75, 3.05) is 26.8 Å². The minimum atomic E-state index is -0.201. The molecule has 1 atom stereocenters. The van der Waals surface area contributed by atoms with Gasteiger partial charge in [-0.2, -0.15) is 0 Å². The van der Waals surface area contributed by atoms with E-state index in [1.54, 1.807) is 7.05 Å². The van der Waals surface area contributed by atoms with Gasteiger partial charge in [0, 0.05) is 26.7 Å². The number of nitrogens with zero attached hydrogens (tertiary/aromatic N) is 1. The number of nitrogens with one attached hydrogen (secondary N) is 1. The average molecular weight is 263 g/mol. The molecule has 1 amide bonds. The zero-order valence-corrected chi connectivity index (χ0v) is 11.3. The molecule has 5 nitrogen and oxygen atoms in total. The minimum Gasteiger partial charge on any atom is -0.378 e. The summed E-state index contributed by atoms with van der Waals surface area (Å²) >= 11 is 0. The first-order chi connectivity index (χ1) is 9.24. The third kappa shape index (κ3) is 3.53. The van der Waals surface area contributed by atoms with E-state index in [-0.39, 0.29) is 11.9 Å². The first-order valence-electron chi connectivity index (χ1n) is 6.56. The van der Waals surface area contributed by atoms with Crippen LogP contribution in [-0.4, -0.2) is 43.7 Å². The zero-order valence-electron chi connectivity index (χ0n) is 11.3. The Balaban J connectivity index is 2.03. The van der Waals surface area contributed by atoms with E-state index in [2.05, 4.69) is 22.3 Å². The molecule has 1 saturated heterocycles. The molecule has 0 aromatic heterocycles. The quantitative estimate of drug-likeness (QED) is 0.808. The van der Waals surface area contributed by atoms with Crippen LogP contribution in [-0.2, 0) is 22.6 Å². The second kappa shape index (κ2) is 6.65. The van der Waals surface area contributed by atoms with Gasteiger partial charge in [0.2, 0.25) is 5.91 Å². The lowest BCUT2D eigenvalue weighted by molar-refractivity contribution is -0.132. The normalized spacial score (nSPS) is 20.2. The molecular weight excluding hydrogens is 242 g/mol. The highest BCUT2D eigenvalue weighted by Gasteiger charge is 2.28. The molecular formula is C14H21N3O2. The first-order valence-corrected chi connectivity index (χ1v) is 6.56. The Bertz CT molecular complexity index is 419. The second-order valence-electron chi connectivity index (χ2n) is 4.70. The molecule has 1 aromatic rings. The molecule has 1 unspecified atom stereocenters. The summed E-state index contributed by atoms with van der Waals surface area (Å²) in [6.07, 6.45) is 0. The monoisotopic (exact) mass is 263 g/mol. The SMILES string of the molecule is CNC(=O)C1COCCN1Cc1ccc(CN)cc1. The van der Waals surface area contributed by atoms with Crippen LogP contribution in [0.1, 0.15) is 11.1 Å². The Labute approximate surface area is 113 Å². The maximum atomic E-state index is 11.8. The Kier molecular flexibility index (Phi) is 4.90. The van der Waals surface area contributed by atoms with E-state index in [4.69, 9.17) is 10.5 Å². The predicted molar refractivity (Wildman–Crippen MR) is 73.4 cm³/mol. The van der Waals surface area contributed by atoms with E-state index in [0.29, 0.717) is 19.8 Å². The molecule has 1 aromatic carbocycles. The zero-order chi connectivity index (χ0) is 13.7. The van der Waals surface area contributed by atoms with E-state index >= 15 is 0 Å².